The number of rotatable bonds is 5. The van der Waals surface area contributed by atoms with Crippen LogP contribution in [0.15, 0.2) is 47.6 Å². The number of carbonyl (C=O) groups is 1. The molecule has 1 aromatic carbocycles. The Balaban J connectivity index is 1.90. The van der Waals surface area contributed by atoms with E-state index >= 15 is 0 Å². The van der Waals surface area contributed by atoms with E-state index in [1.807, 2.05) is 6.07 Å². The molecule has 6 heteroatoms. The second-order valence-electron chi connectivity index (χ2n) is 4.41. The average molecular weight is 308 g/mol. The van der Waals surface area contributed by atoms with Gasteiger partial charge in [0.25, 0.3) is 0 Å². The smallest absolute Gasteiger partial charge is 0.230 e. The highest BCUT2D eigenvalue weighted by Crippen LogP contribution is 2.18. The van der Waals surface area contributed by atoms with Crippen LogP contribution in [0.1, 0.15) is 18.5 Å². The largest absolute Gasteiger partial charge is 0.349 e. The van der Waals surface area contributed by atoms with Crippen molar-refractivity contribution in [2.24, 2.45) is 0 Å². The number of amides is 1. The van der Waals surface area contributed by atoms with Crippen molar-refractivity contribution >= 4 is 17.7 Å². The summed E-state index contributed by atoms with van der Waals surface area (Å²) >= 11 is 1.30. The molecule has 3 nitrogen and oxygen atoms in total. The normalized spacial score (nSPS) is 12.0. The van der Waals surface area contributed by atoms with E-state index in [0.717, 1.165) is 11.1 Å². The van der Waals surface area contributed by atoms with Gasteiger partial charge in [0.15, 0.2) is 0 Å². The number of hydrogen-bond acceptors (Lipinski definition) is 3. The number of carbonyl (C=O) groups excluding carboxylic acids is 1. The Morgan fingerprint density at radius 2 is 2.14 bits per heavy atom. The molecule has 0 aliphatic rings. The number of thioether (sulfide) groups is 1. The van der Waals surface area contributed by atoms with Crippen LogP contribution >= 0.6 is 11.8 Å². The Morgan fingerprint density at radius 3 is 2.81 bits per heavy atom. The van der Waals surface area contributed by atoms with Crippen LogP contribution in [-0.2, 0) is 4.79 Å². The number of pyridine rings is 1. The molecule has 0 spiro atoms. The van der Waals surface area contributed by atoms with Crippen molar-refractivity contribution in [2.45, 2.75) is 18.0 Å². The van der Waals surface area contributed by atoms with Crippen molar-refractivity contribution < 1.29 is 13.6 Å². The highest BCUT2D eigenvalue weighted by molar-refractivity contribution is 7.99. The van der Waals surface area contributed by atoms with Crippen molar-refractivity contribution in [3.63, 3.8) is 0 Å². The summed E-state index contributed by atoms with van der Waals surface area (Å²) in [6, 6.07) is 8.22. The first-order valence-corrected chi connectivity index (χ1v) is 7.33. The van der Waals surface area contributed by atoms with E-state index in [9.17, 15) is 13.6 Å². The first-order chi connectivity index (χ1) is 10.1. The van der Waals surface area contributed by atoms with Crippen LogP contribution in [0.25, 0.3) is 0 Å². The Kier molecular flexibility index (Phi) is 5.27. The van der Waals surface area contributed by atoms with Gasteiger partial charge in [0, 0.05) is 17.8 Å². The van der Waals surface area contributed by atoms with Crippen LogP contribution in [-0.4, -0.2) is 16.6 Å². The van der Waals surface area contributed by atoms with Gasteiger partial charge in [-0.15, -0.1) is 0 Å². The minimum absolute atomic E-state index is 0.185. The first kappa shape index (κ1) is 15.4. The molecule has 1 N–H and O–H groups in total. The molecule has 1 amide bonds. The molecule has 0 aliphatic carbocycles. The number of benzene rings is 1. The maximum absolute atomic E-state index is 13.6. The first-order valence-electron chi connectivity index (χ1n) is 6.34. The topological polar surface area (TPSA) is 42.0 Å². The van der Waals surface area contributed by atoms with E-state index < -0.39 is 17.7 Å². The third-order valence-corrected chi connectivity index (χ3v) is 3.74. The lowest BCUT2D eigenvalue weighted by atomic mass is 10.1. The summed E-state index contributed by atoms with van der Waals surface area (Å²) in [5.74, 6) is -1.35. The molecule has 1 unspecified atom stereocenters. The van der Waals surface area contributed by atoms with Gasteiger partial charge in [-0.1, -0.05) is 23.9 Å². The number of nitrogens with one attached hydrogen (secondary N) is 1. The van der Waals surface area contributed by atoms with Gasteiger partial charge in [-0.25, -0.2) is 13.8 Å². The fourth-order valence-electron chi connectivity index (χ4n) is 1.79. The molecule has 1 atom stereocenters. The van der Waals surface area contributed by atoms with E-state index in [0.29, 0.717) is 0 Å². The fourth-order valence-corrected chi connectivity index (χ4v) is 2.46. The van der Waals surface area contributed by atoms with Gasteiger partial charge in [0.2, 0.25) is 5.91 Å². The number of aromatic nitrogens is 1. The van der Waals surface area contributed by atoms with Gasteiger partial charge in [-0.2, -0.15) is 0 Å². The van der Waals surface area contributed by atoms with Gasteiger partial charge < -0.3 is 5.32 Å². The summed E-state index contributed by atoms with van der Waals surface area (Å²) < 4.78 is 26.4. The lowest BCUT2D eigenvalue weighted by Crippen LogP contribution is -2.28. The zero-order valence-corrected chi connectivity index (χ0v) is 12.2. The highest BCUT2D eigenvalue weighted by Gasteiger charge is 2.14. The molecule has 1 aromatic heterocycles. The van der Waals surface area contributed by atoms with Crippen molar-refractivity contribution in [2.75, 3.05) is 5.75 Å². The van der Waals surface area contributed by atoms with E-state index in [2.05, 4.69) is 10.3 Å². The highest BCUT2D eigenvalue weighted by atomic mass is 32.2. The Morgan fingerprint density at radius 1 is 1.33 bits per heavy atom. The molecule has 21 heavy (non-hydrogen) atoms. The van der Waals surface area contributed by atoms with Crippen molar-refractivity contribution in [3.05, 3.63) is 59.8 Å². The van der Waals surface area contributed by atoms with Crippen LogP contribution in [0.4, 0.5) is 8.78 Å². The molecule has 1 heterocycles. The predicted octanol–water partition coefficient (Wildman–Crippen LogP) is 3.33. The summed E-state index contributed by atoms with van der Waals surface area (Å²) in [6.07, 6.45) is 1.65. The molecular weight excluding hydrogens is 294 g/mol. The van der Waals surface area contributed by atoms with Gasteiger partial charge in [0.1, 0.15) is 11.6 Å². The second kappa shape index (κ2) is 7.17. The Bertz CT molecular complexity index is 622. The molecule has 2 aromatic rings. The minimum atomic E-state index is -0.667. The van der Waals surface area contributed by atoms with Crippen molar-refractivity contribution in [3.8, 4) is 0 Å². The maximum atomic E-state index is 13.6. The third kappa shape index (κ3) is 4.53. The Hall–Kier alpha value is -1.95. The predicted molar refractivity (Wildman–Crippen MR) is 77.9 cm³/mol. The zero-order valence-electron chi connectivity index (χ0n) is 11.3. The summed E-state index contributed by atoms with van der Waals surface area (Å²) in [6.45, 7) is 1.65. The van der Waals surface area contributed by atoms with Crippen LogP contribution in [0, 0.1) is 11.6 Å². The Labute approximate surface area is 125 Å². The standard InChI is InChI=1S/C15H14F2N2OS/c1-10(12-6-5-11(16)8-13(12)17)19-14(20)9-21-15-4-2-3-7-18-15/h2-8,10H,9H2,1H3,(H,19,20). The number of nitrogens with zero attached hydrogens (tertiary/aromatic N) is 1. The van der Waals surface area contributed by atoms with Crippen LogP contribution < -0.4 is 5.32 Å². The molecule has 0 radical (unpaired) electrons. The molecule has 110 valence electrons. The van der Waals surface area contributed by atoms with Crippen molar-refractivity contribution in [1.82, 2.24) is 10.3 Å². The molecule has 2 rings (SSSR count). The van der Waals surface area contributed by atoms with Gasteiger partial charge in [0.05, 0.1) is 16.8 Å². The number of halogens is 2. The zero-order chi connectivity index (χ0) is 15.2. The van der Waals surface area contributed by atoms with Crippen LogP contribution in [0.5, 0.6) is 0 Å². The molecular formula is C15H14F2N2OS. The summed E-state index contributed by atoms with van der Waals surface area (Å²) in [5, 5.41) is 3.42. The molecule has 0 bridgehead atoms. The van der Waals surface area contributed by atoms with Gasteiger partial charge >= 0.3 is 0 Å². The molecule has 0 saturated heterocycles. The third-order valence-electron chi connectivity index (χ3n) is 2.80. The molecule has 0 fully saturated rings. The minimum Gasteiger partial charge on any atom is -0.349 e. The summed E-state index contributed by atoms with van der Waals surface area (Å²) in [7, 11) is 0. The van der Waals surface area contributed by atoms with Gasteiger partial charge in [-0.3, -0.25) is 4.79 Å². The van der Waals surface area contributed by atoms with E-state index in [1.165, 1.54) is 23.9 Å². The lowest BCUT2D eigenvalue weighted by Gasteiger charge is -2.15. The number of hydrogen-bond donors (Lipinski definition) is 1. The van der Waals surface area contributed by atoms with Crippen LogP contribution in [0.2, 0.25) is 0 Å². The van der Waals surface area contributed by atoms with E-state index in [-0.39, 0.29) is 17.2 Å². The van der Waals surface area contributed by atoms with E-state index in [1.54, 1.807) is 25.3 Å². The fraction of sp³-hybridized carbons (Fsp3) is 0.200. The lowest BCUT2D eigenvalue weighted by molar-refractivity contribution is -0.119. The second-order valence-corrected chi connectivity index (χ2v) is 5.41. The molecule has 0 saturated carbocycles. The van der Waals surface area contributed by atoms with Crippen molar-refractivity contribution in [1.29, 1.82) is 0 Å². The summed E-state index contributed by atoms with van der Waals surface area (Å²) in [4.78, 5) is 15.9. The molecule has 0 aliphatic heterocycles. The summed E-state index contributed by atoms with van der Waals surface area (Å²) in [5.41, 5.74) is 0.257. The average Bonchev–Trinajstić information content (AvgIpc) is 2.46. The van der Waals surface area contributed by atoms with E-state index in [4.69, 9.17) is 0 Å². The van der Waals surface area contributed by atoms with Gasteiger partial charge in [-0.05, 0) is 25.1 Å². The van der Waals surface area contributed by atoms with Crippen LogP contribution in [0.3, 0.4) is 0 Å². The maximum Gasteiger partial charge on any atom is 0.230 e. The monoisotopic (exact) mass is 308 g/mol. The quantitative estimate of drug-likeness (QED) is 0.862. The SMILES string of the molecule is CC(NC(=O)CSc1ccccn1)c1ccc(F)cc1F.